The van der Waals surface area contributed by atoms with E-state index in [1.807, 2.05) is 36.4 Å². The zero-order valence-corrected chi connectivity index (χ0v) is 8.62. The van der Waals surface area contributed by atoms with Crippen LogP contribution in [-0.2, 0) is 0 Å². The molecule has 0 saturated heterocycles. The second-order valence-electron chi connectivity index (χ2n) is 3.10. The second kappa shape index (κ2) is 4.16. The largest absolute Gasteiger partial charge is 0.192 e. The van der Waals surface area contributed by atoms with Crippen LogP contribution in [0.5, 0.6) is 0 Å². The first kappa shape index (κ1) is 9.76. The van der Waals surface area contributed by atoms with Gasteiger partial charge in [-0.25, -0.2) is 0 Å². The van der Waals surface area contributed by atoms with Crippen molar-refractivity contribution in [2.45, 2.75) is 0 Å². The lowest BCUT2D eigenvalue weighted by Crippen LogP contribution is -1.80. The molecule has 0 saturated carbocycles. The minimum absolute atomic E-state index is 0.489. The first-order valence-corrected chi connectivity index (χ1v) is 4.85. The van der Waals surface area contributed by atoms with Gasteiger partial charge in [0.15, 0.2) is 0 Å². The van der Waals surface area contributed by atoms with E-state index < -0.39 is 0 Å². The Kier molecular flexibility index (Phi) is 2.71. The zero-order chi connectivity index (χ0) is 10.7. The van der Waals surface area contributed by atoms with Gasteiger partial charge in [0.05, 0.1) is 10.6 Å². The third-order valence-electron chi connectivity index (χ3n) is 2.14. The van der Waals surface area contributed by atoms with E-state index in [9.17, 15) is 0 Å². The van der Waals surface area contributed by atoms with Crippen LogP contribution in [0.1, 0.15) is 5.56 Å². The van der Waals surface area contributed by atoms with Gasteiger partial charge in [-0.3, -0.25) is 0 Å². The van der Waals surface area contributed by atoms with Gasteiger partial charge in [0.25, 0.3) is 0 Å². The van der Waals surface area contributed by atoms with Crippen LogP contribution in [0, 0.1) is 17.4 Å². The summed E-state index contributed by atoms with van der Waals surface area (Å²) in [6, 6.07) is 18.0. The lowest BCUT2D eigenvalue weighted by molar-refractivity contribution is 1.48. The quantitative estimate of drug-likeness (QED) is 0.708. The molecular formula is C13H7ClN. The van der Waals surface area contributed by atoms with Gasteiger partial charge in [0, 0.05) is 0 Å². The van der Waals surface area contributed by atoms with E-state index in [0.717, 1.165) is 11.1 Å². The molecule has 0 aliphatic carbocycles. The van der Waals surface area contributed by atoms with E-state index >= 15 is 0 Å². The third kappa shape index (κ3) is 2.01. The summed E-state index contributed by atoms with van der Waals surface area (Å²) >= 11 is 5.95. The van der Waals surface area contributed by atoms with Crippen LogP contribution in [0.2, 0.25) is 5.02 Å². The van der Waals surface area contributed by atoms with Gasteiger partial charge < -0.3 is 0 Å². The van der Waals surface area contributed by atoms with Gasteiger partial charge >= 0.3 is 0 Å². The summed E-state index contributed by atoms with van der Waals surface area (Å²) in [5.74, 6) is 0. The molecular weight excluding hydrogens is 206 g/mol. The number of benzene rings is 2. The van der Waals surface area contributed by atoms with Crippen LogP contribution in [0.25, 0.3) is 11.1 Å². The molecule has 0 aliphatic heterocycles. The monoisotopic (exact) mass is 212 g/mol. The minimum Gasteiger partial charge on any atom is -0.192 e. The summed E-state index contributed by atoms with van der Waals surface area (Å²) in [6.07, 6.45) is 0. The number of hydrogen-bond acceptors (Lipinski definition) is 1. The number of rotatable bonds is 1. The van der Waals surface area contributed by atoms with Crippen LogP contribution >= 0.6 is 11.6 Å². The summed E-state index contributed by atoms with van der Waals surface area (Å²) in [7, 11) is 0. The highest BCUT2D eigenvalue weighted by molar-refractivity contribution is 6.32. The van der Waals surface area contributed by atoms with Crippen LogP contribution in [0.15, 0.2) is 42.5 Å². The Balaban J connectivity index is 2.49. The molecule has 2 rings (SSSR count). The Morgan fingerprint density at radius 3 is 2.40 bits per heavy atom. The lowest BCUT2D eigenvalue weighted by Gasteiger charge is -2.02. The Hall–Kier alpha value is -1.78. The van der Waals surface area contributed by atoms with E-state index in [0.29, 0.717) is 10.6 Å². The number of nitriles is 1. The van der Waals surface area contributed by atoms with Gasteiger partial charge in [-0.2, -0.15) is 5.26 Å². The van der Waals surface area contributed by atoms with Crippen molar-refractivity contribution in [1.82, 2.24) is 0 Å². The predicted molar refractivity (Wildman–Crippen MR) is 60.4 cm³/mol. The van der Waals surface area contributed by atoms with Crippen molar-refractivity contribution >= 4 is 11.6 Å². The van der Waals surface area contributed by atoms with E-state index in [2.05, 4.69) is 6.07 Å². The Morgan fingerprint density at radius 1 is 1.07 bits per heavy atom. The molecule has 0 heterocycles. The zero-order valence-electron chi connectivity index (χ0n) is 7.87. The van der Waals surface area contributed by atoms with Gasteiger partial charge in [0.2, 0.25) is 0 Å². The Labute approximate surface area is 93.5 Å². The summed E-state index contributed by atoms with van der Waals surface area (Å²) in [5, 5.41) is 9.23. The molecule has 1 radical (unpaired) electrons. The number of hydrogen-bond donors (Lipinski definition) is 0. The molecule has 0 N–H and O–H groups in total. The van der Waals surface area contributed by atoms with E-state index in [1.165, 1.54) is 0 Å². The van der Waals surface area contributed by atoms with Crippen molar-refractivity contribution in [3.05, 3.63) is 59.1 Å². The number of halogens is 1. The molecule has 0 amide bonds. The standard InChI is InChI=1S/C13H7ClN/c14-13-8-11(6-7-12(13)9-15)10-4-2-1-3-5-10/h2-8H. The van der Waals surface area contributed by atoms with Gasteiger partial charge in [0.1, 0.15) is 6.07 Å². The molecule has 0 spiro atoms. The second-order valence-corrected chi connectivity index (χ2v) is 3.50. The highest BCUT2D eigenvalue weighted by Gasteiger charge is 2.02. The van der Waals surface area contributed by atoms with E-state index in [1.54, 1.807) is 12.1 Å². The predicted octanol–water partition coefficient (Wildman–Crippen LogP) is 3.68. The number of nitrogens with zero attached hydrogens (tertiary/aromatic N) is 1. The first-order valence-electron chi connectivity index (χ1n) is 4.47. The fourth-order valence-corrected chi connectivity index (χ4v) is 1.59. The molecule has 0 unspecified atom stereocenters. The fourth-order valence-electron chi connectivity index (χ4n) is 1.36. The van der Waals surface area contributed by atoms with Crippen molar-refractivity contribution < 1.29 is 0 Å². The van der Waals surface area contributed by atoms with Crippen molar-refractivity contribution in [3.63, 3.8) is 0 Å². The van der Waals surface area contributed by atoms with Crippen LogP contribution in [-0.4, -0.2) is 0 Å². The molecule has 15 heavy (non-hydrogen) atoms. The summed E-state index contributed by atoms with van der Waals surface area (Å²) in [6.45, 7) is 0. The third-order valence-corrected chi connectivity index (χ3v) is 2.45. The van der Waals surface area contributed by atoms with Crippen molar-refractivity contribution in [3.8, 4) is 17.2 Å². The Morgan fingerprint density at radius 2 is 1.80 bits per heavy atom. The smallest absolute Gasteiger partial charge is 0.101 e. The average molecular weight is 213 g/mol. The maximum Gasteiger partial charge on any atom is 0.101 e. The van der Waals surface area contributed by atoms with Gasteiger partial charge in [-0.1, -0.05) is 41.9 Å². The van der Waals surface area contributed by atoms with Crippen LogP contribution < -0.4 is 0 Å². The summed E-state index contributed by atoms with van der Waals surface area (Å²) in [5.41, 5.74) is 2.58. The highest BCUT2D eigenvalue weighted by atomic mass is 35.5. The molecule has 0 aromatic heterocycles. The van der Waals surface area contributed by atoms with Crippen LogP contribution in [0.4, 0.5) is 0 Å². The topological polar surface area (TPSA) is 23.8 Å². The van der Waals surface area contributed by atoms with Crippen molar-refractivity contribution in [2.75, 3.05) is 0 Å². The maximum absolute atomic E-state index is 8.74. The van der Waals surface area contributed by atoms with Crippen molar-refractivity contribution in [1.29, 1.82) is 5.26 Å². The molecule has 0 fully saturated rings. The molecule has 2 aromatic carbocycles. The maximum atomic E-state index is 8.74. The lowest BCUT2D eigenvalue weighted by atomic mass is 10.0. The highest BCUT2D eigenvalue weighted by Crippen LogP contribution is 2.24. The average Bonchev–Trinajstić information content (AvgIpc) is 2.30. The molecule has 0 aliphatic rings. The molecule has 0 bridgehead atoms. The summed E-state index contributed by atoms with van der Waals surface area (Å²) in [4.78, 5) is 0. The van der Waals surface area contributed by atoms with E-state index in [4.69, 9.17) is 16.9 Å². The fraction of sp³-hybridized carbons (Fsp3) is 0. The molecule has 71 valence electrons. The minimum atomic E-state index is 0.489. The van der Waals surface area contributed by atoms with Crippen molar-refractivity contribution in [2.24, 2.45) is 0 Å². The summed E-state index contributed by atoms with van der Waals surface area (Å²) < 4.78 is 0. The molecule has 0 atom stereocenters. The molecule has 2 heteroatoms. The Bertz CT molecular complexity index is 512. The molecule has 1 nitrogen and oxygen atoms in total. The van der Waals surface area contributed by atoms with E-state index in [-0.39, 0.29) is 0 Å². The van der Waals surface area contributed by atoms with Crippen LogP contribution in [0.3, 0.4) is 0 Å². The SMILES string of the molecule is N#Cc1ccc(-c2cc[c]cc2)cc1Cl. The van der Waals surface area contributed by atoms with Gasteiger partial charge in [-0.15, -0.1) is 0 Å². The normalized spacial score (nSPS) is 9.60. The van der Waals surface area contributed by atoms with Gasteiger partial charge in [-0.05, 0) is 29.3 Å². The molecule has 2 aromatic rings. The first-order chi connectivity index (χ1) is 7.31.